The van der Waals surface area contributed by atoms with Crippen LogP contribution in [0.25, 0.3) is 0 Å². The van der Waals surface area contributed by atoms with Crippen LogP contribution in [0.3, 0.4) is 0 Å². The molecule has 0 aliphatic carbocycles. The lowest BCUT2D eigenvalue weighted by Crippen LogP contribution is -2.44. The van der Waals surface area contributed by atoms with E-state index in [1.807, 2.05) is 0 Å². The largest absolute Gasteiger partial charge is 0.376 e. The fourth-order valence-electron chi connectivity index (χ4n) is 2.19. The number of hydrogen-bond acceptors (Lipinski definition) is 4. The SMILES string of the molecule is CC(OCC1CCCO1)C(=O)N(C)CC(C)(C)CN. The van der Waals surface area contributed by atoms with Crippen LogP contribution < -0.4 is 5.73 Å². The molecular weight excluding hydrogens is 244 g/mol. The molecule has 0 spiro atoms. The average Bonchev–Trinajstić information content (AvgIpc) is 2.87. The predicted molar refractivity (Wildman–Crippen MR) is 74.9 cm³/mol. The number of amides is 1. The van der Waals surface area contributed by atoms with Crippen molar-refractivity contribution in [3.8, 4) is 0 Å². The highest BCUT2D eigenvalue weighted by Gasteiger charge is 2.25. The van der Waals surface area contributed by atoms with E-state index in [9.17, 15) is 4.79 Å². The lowest BCUT2D eigenvalue weighted by atomic mass is 9.93. The summed E-state index contributed by atoms with van der Waals surface area (Å²) in [5.74, 6) is -0.000443. The minimum atomic E-state index is -0.428. The van der Waals surface area contributed by atoms with Crippen LogP contribution in [0.15, 0.2) is 0 Å². The fourth-order valence-corrected chi connectivity index (χ4v) is 2.19. The lowest BCUT2D eigenvalue weighted by Gasteiger charge is -2.30. The molecule has 1 saturated heterocycles. The van der Waals surface area contributed by atoms with Gasteiger partial charge in [0.2, 0.25) is 0 Å². The van der Waals surface area contributed by atoms with Crippen LogP contribution in [0.1, 0.15) is 33.6 Å². The molecule has 1 rings (SSSR count). The van der Waals surface area contributed by atoms with Gasteiger partial charge in [-0.15, -0.1) is 0 Å². The summed E-state index contributed by atoms with van der Waals surface area (Å²) < 4.78 is 11.1. The standard InChI is InChI=1S/C14H28N2O3/c1-11(19-8-12-6-5-7-18-12)13(17)16(4)10-14(2,3)9-15/h11-12H,5-10,15H2,1-4H3. The Morgan fingerprint density at radius 3 is 2.79 bits per heavy atom. The molecule has 2 unspecified atom stereocenters. The average molecular weight is 272 g/mol. The molecule has 112 valence electrons. The maximum atomic E-state index is 12.2. The van der Waals surface area contributed by atoms with Gasteiger partial charge in [0, 0.05) is 20.2 Å². The molecule has 5 heteroatoms. The third-order valence-electron chi connectivity index (χ3n) is 3.50. The summed E-state index contributed by atoms with van der Waals surface area (Å²) in [5.41, 5.74) is 5.62. The zero-order valence-electron chi connectivity index (χ0n) is 12.6. The van der Waals surface area contributed by atoms with E-state index in [0.29, 0.717) is 19.7 Å². The first-order valence-electron chi connectivity index (χ1n) is 7.04. The molecule has 1 amide bonds. The van der Waals surface area contributed by atoms with Gasteiger partial charge in [-0.25, -0.2) is 0 Å². The first-order chi connectivity index (χ1) is 8.85. The summed E-state index contributed by atoms with van der Waals surface area (Å²) in [6.07, 6.45) is 1.83. The van der Waals surface area contributed by atoms with Crippen LogP contribution in [0.2, 0.25) is 0 Å². The molecule has 1 aliphatic rings. The van der Waals surface area contributed by atoms with E-state index in [4.69, 9.17) is 15.2 Å². The number of nitrogens with two attached hydrogens (primary N) is 1. The minimum absolute atomic E-state index is 0.000443. The Kier molecular flexibility index (Phi) is 6.23. The van der Waals surface area contributed by atoms with Crippen LogP contribution in [0.5, 0.6) is 0 Å². The van der Waals surface area contributed by atoms with E-state index in [1.165, 1.54) is 0 Å². The van der Waals surface area contributed by atoms with Crippen LogP contribution in [0, 0.1) is 5.41 Å². The molecule has 1 heterocycles. The zero-order chi connectivity index (χ0) is 14.5. The summed E-state index contributed by atoms with van der Waals surface area (Å²) in [6.45, 7) is 8.39. The van der Waals surface area contributed by atoms with Crippen molar-refractivity contribution in [3.05, 3.63) is 0 Å². The van der Waals surface area contributed by atoms with Gasteiger partial charge in [-0.2, -0.15) is 0 Å². The highest BCUT2D eigenvalue weighted by molar-refractivity contribution is 5.80. The van der Waals surface area contributed by atoms with Crippen molar-refractivity contribution < 1.29 is 14.3 Å². The highest BCUT2D eigenvalue weighted by atomic mass is 16.5. The molecule has 0 aromatic rings. The van der Waals surface area contributed by atoms with Gasteiger partial charge in [-0.1, -0.05) is 13.8 Å². The van der Waals surface area contributed by atoms with Gasteiger partial charge in [0.15, 0.2) is 0 Å². The molecule has 0 radical (unpaired) electrons. The molecule has 19 heavy (non-hydrogen) atoms. The van der Waals surface area contributed by atoms with Gasteiger partial charge in [-0.05, 0) is 31.7 Å². The summed E-state index contributed by atoms with van der Waals surface area (Å²) in [5, 5.41) is 0. The summed E-state index contributed by atoms with van der Waals surface area (Å²) in [7, 11) is 1.80. The van der Waals surface area contributed by atoms with Gasteiger partial charge in [0.1, 0.15) is 6.10 Å². The molecule has 0 aromatic carbocycles. The third kappa shape index (κ3) is 5.47. The molecule has 1 aliphatic heterocycles. The number of nitrogens with zero attached hydrogens (tertiary/aromatic N) is 1. The Morgan fingerprint density at radius 2 is 2.26 bits per heavy atom. The molecule has 1 fully saturated rings. The number of rotatable bonds is 7. The van der Waals surface area contributed by atoms with Gasteiger partial charge < -0.3 is 20.1 Å². The third-order valence-corrected chi connectivity index (χ3v) is 3.50. The van der Waals surface area contributed by atoms with Crippen molar-refractivity contribution in [1.82, 2.24) is 4.90 Å². The Morgan fingerprint density at radius 1 is 1.58 bits per heavy atom. The van der Waals surface area contributed by atoms with Crippen molar-refractivity contribution in [2.24, 2.45) is 11.1 Å². The Labute approximate surface area is 116 Å². The second-order valence-corrected chi connectivity index (χ2v) is 6.17. The first-order valence-corrected chi connectivity index (χ1v) is 7.04. The van der Waals surface area contributed by atoms with E-state index in [-0.39, 0.29) is 17.4 Å². The van der Waals surface area contributed by atoms with E-state index in [0.717, 1.165) is 19.4 Å². The van der Waals surface area contributed by atoms with Crippen molar-refractivity contribution in [3.63, 3.8) is 0 Å². The fraction of sp³-hybridized carbons (Fsp3) is 0.929. The monoisotopic (exact) mass is 272 g/mol. The van der Waals surface area contributed by atoms with Crippen LogP contribution in [-0.4, -0.2) is 56.4 Å². The molecule has 2 atom stereocenters. The van der Waals surface area contributed by atoms with Crippen molar-refractivity contribution >= 4 is 5.91 Å². The number of carbonyl (C=O) groups is 1. The molecule has 0 bridgehead atoms. The normalized spacial score (nSPS) is 21.4. The van der Waals surface area contributed by atoms with E-state index in [2.05, 4.69) is 13.8 Å². The number of carbonyl (C=O) groups excluding carboxylic acids is 1. The second kappa shape index (κ2) is 7.22. The smallest absolute Gasteiger partial charge is 0.251 e. The second-order valence-electron chi connectivity index (χ2n) is 6.17. The van der Waals surface area contributed by atoms with Gasteiger partial charge >= 0.3 is 0 Å². The molecule has 0 aromatic heterocycles. The highest BCUT2D eigenvalue weighted by Crippen LogP contribution is 2.16. The van der Waals surface area contributed by atoms with Gasteiger partial charge in [0.25, 0.3) is 5.91 Å². The molecule has 5 nitrogen and oxygen atoms in total. The predicted octanol–water partition coefficient (Wildman–Crippen LogP) is 1.01. The maximum Gasteiger partial charge on any atom is 0.251 e. The molecule has 2 N–H and O–H groups in total. The van der Waals surface area contributed by atoms with Crippen molar-refractivity contribution in [1.29, 1.82) is 0 Å². The number of ether oxygens (including phenoxy) is 2. The van der Waals surface area contributed by atoms with Gasteiger partial charge in [-0.3, -0.25) is 4.79 Å². The molecular formula is C14H28N2O3. The maximum absolute atomic E-state index is 12.2. The Balaban J connectivity index is 2.33. The van der Waals surface area contributed by atoms with E-state index < -0.39 is 6.10 Å². The Bertz CT molecular complexity index is 288. The van der Waals surface area contributed by atoms with Crippen LogP contribution in [0.4, 0.5) is 0 Å². The van der Waals surface area contributed by atoms with E-state index in [1.54, 1.807) is 18.9 Å². The Hall–Kier alpha value is -0.650. The summed E-state index contributed by atoms with van der Waals surface area (Å²) in [4.78, 5) is 13.9. The lowest BCUT2D eigenvalue weighted by molar-refractivity contribution is -0.144. The zero-order valence-corrected chi connectivity index (χ0v) is 12.6. The summed E-state index contributed by atoms with van der Waals surface area (Å²) >= 11 is 0. The quantitative estimate of drug-likeness (QED) is 0.751. The van der Waals surface area contributed by atoms with Crippen LogP contribution >= 0.6 is 0 Å². The van der Waals surface area contributed by atoms with Crippen molar-refractivity contribution in [2.45, 2.75) is 45.8 Å². The minimum Gasteiger partial charge on any atom is -0.376 e. The number of hydrogen-bond donors (Lipinski definition) is 1. The van der Waals surface area contributed by atoms with E-state index >= 15 is 0 Å². The topological polar surface area (TPSA) is 64.8 Å². The number of likely N-dealkylation sites (N-methyl/N-ethyl adjacent to an activating group) is 1. The first kappa shape index (κ1) is 16.4. The van der Waals surface area contributed by atoms with Gasteiger partial charge in [0.05, 0.1) is 12.7 Å². The summed E-state index contributed by atoms with van der Waals surface area (Å²) in [6, 6.07) is 0. The van der Waals surface area contributed by atoms with Crippen molar-refractivity contribution in [2.75, 3.05) is 33.4 Å². The molecule has 0 saturated carbocycles. The van der Waals surface area contributed by atoms with Crippen LogP contribution in [-0.2, 0) is 14.3 Å².